The van der Waals surface area contributed by atoms with Crippen molar-refractivity contribution in [3.8, 4) is 0 Å². The van der Waals surface area contributed by atoms with Gasteiger partial charge in [0.05, 0.1) is 6.04 Å². The van der Waals surface area contributed by atoms with E-state index in [4.69, 9.17) is 0 Å². The highest BCUT2D eigenvalue weighted by Crippen LogP contribution is 2.15. The Balaban J connectivity index is 1.55. The van der Waals surface area contributed by atoms with Gasteiger partial charge in [-0.15, -0.1) is 0 Å². The summed E-state index contributed by atoms with van der Waals surface area (Å²) in [6.07, 6.45) is 2.75. The number of benzene rings is 1. The number of H-pyrrole nitrogens is 1. The third kappa shape index (κ3) is 3.74. The van der Waals surface area contributed by atoms with E-state index in [-0.39, 0.29) is 17.8 Å². The minimum atomic E-state index is -0.278. The number of rotatable bonds is 5. The van der Waals surface area contributed by atoms with Crippen LogP contribution in [0.15, 0.2) is 48.7 Å². The number of fused-ring (bicyclic) bond motifs is 1. The van der Waals surface area contributed by atoms with Gasteiger partial charge in [-0.3, -0.25) is 4.79 Å². The van der Waals surface area contributed by atoms with Gasteiger partial charge in [0.15, 0.2) is 0 Å². The Bertz CT molecular complexity index is 778. The van der Waals surface area contributed by atoms with E-state index in [2.05, 4.69) is 15.3 Å². The van der Waals surface area contributed by atoms with Gasteiger partial charge in [-0.1, -0.05) is 12.1 Å². The van der Waals surface area contributed by atoms with Crippen LogP contribution in [-0.2, 0) is 11.2 Å². The Kier molecular flexibility index (Phi) is 4.37. The first-order valence-corrected chi connectivity index (χ1v) is 7.59. The molecule has 23 heavy (non-hydrogen) atoms. The van der Waals surface area contributed by atoms with Crippen molar-refractivity contribution in [1.29, 1.82) is 0 Å². The number of hydrogen-bond donors (Lipinski definition) is 2. The first-order valence-electron chi connectivity index (χ1n) is 7.59. The van der Waals surface area contributed by atoms with Crippen molar-refractivity contribution in [2.45, 2.75) is 25.8 Å². The van der Waals surface area contributed by atoms with Crippen molar-refractivity contribution < 1.29 is 9.18 Å². The van der Waals surface area contributed by atoms with E-state index >= 15 is 0 Å². The lowest BCUT2D eigenvalue weighted by Crippen LogP contribution is -2.26. The maximum absolute atomic E-state index is 12.9. The van der Waals surface area contributed by atoms with E-state index in [1.54, 1.807) is 18.3 Å². The van der Waals surface area contributed by atoms with Crippen molar-refractivity contribution in [3.05, 3.63) is 65.7 Å². The maximum Gasteiger partial charge on any atom is 0.220 e. The number of aromatic amines is 1. The summed E-state index contributed by atoms with van der Waals surface area (Å²) < 4.78 is 12.9. The van der Waals surface area contributed by atoms with Crippen molar-refractivity contribution >= 4 is 16.9 Å². The molecule has 2 heterocycles. The first kappa shape index (κ1) is 15.2. The molecule has 3 aromatic rings. The molecule has 0 aliphatic heterocycles. The van der Waals surface area contributed by atoms with Crippen LogP contribution in [0, 0.1) is 5.82 Å². The van der Waals surface area contributed by atoms with Gasteiger partial charge in [0.2, 0.25) is 5.91 Å². The van der Waals surface area contributed by atoms with E-state index < -0.39 is 0 Å². The number of carbonyl (C=O) groups excluding carboxylic acids is 1. The fourth-order valence-corrected chi connectivity index (χ4v) is 2.55. The number of nitrogens with zero attached hydrogens (tertiary/aromatic N) is 1. The maximum atomic E-state index is 12.9. The minimum absolute atomic E-state index is 0.0339. The second-order valence-electron chi connectivity index (χ2n) is 5.58. The molecule has 4 nitrogen and oxygen atoms in total. The van der Waals surface area contributed by atoms with Crippen LogP contribution < -0.4 is 5.32 Å². The monoisotopic (exact) mass is 311 g/mol. The summed E-state index contributed by atoms with van der Waals surface area (Å²) in [6.45, 7) is 1.89. The number of aryl methyl sites for hydroxylation is 1. The predicted molar refractivity (Wildman–Crippen MR) is 87.4 cm³/mol. The molecule has 1 amide bonds. The first-order chi connectivity index (χ1) is 11.1. The zero-order valence-electron chi connectivity index (χ0n) is 12.8. The summed E-state index contributed by atoms with van der Waals surface area (Å²) in [5.41, 5.74) is 2.71. The van der Waals surface area contributed by atoms with E-state index in [0.29, 0.717) is 12.8 Å². The second kappa shape index (κ2) is 6.60. The van der Waals surface area contributed by atoms with Gasteiger partial charge >= 0.3 is 0 Å². The van der Waals surface area contributed by atoms with Gasteiger partial charge in [-0.2, -0.15) is 0 Å². The molecule has 1 aromatic carbocycles. The number of nitrogens with one attached hydrogen (secondary N) is 2. The van der Waals surface area contributed by atoms with E-state index in [0.717, 1.165) is 22.3 Å². The Hall–Kier alpha value is -2.69. The number of carbonyl (C=O) groups is 1. The molecule has 0 saturated heterocycles. The van der Waals surface area contributed by atoms with Crippen LogP contribution in [0.1, 0.15) is 30.6 Å². The molecule has 0 aliphatic rings. The van der Waals surface area contributed by atoms with Crippen molar-refractivity contribution in [2.24, 2.45) is 0 Å². The topological polar surface area (TPSA) is 57.8 Å². The molecule has 0 saturated carbocycles. The van der Waals surface area contributed by atoms with E-state index in [1.165, 1.54) is 12.1 Å². The fourth-order valence-electron chi connectivity index (χ4n) is 2.55. The standard InChI is InChI=1S/C18H18FN3O/c1-12(13-4-6-15(19)7-5-13)21-17(23)9-8-16-11-14-3-2-10-20-18(14)22-16/h2-7,10-12H,8-9H2,1H3,(H,20,22)(H,21,23). The molecule has 1 atom stereocenters. The van der Waals surface area contributed by atoms with Crippen molar-refractivity contribution in [1.82, 2.24) is 15.3 Å². The molecule has 0 aliphatic carbocycles. The number of hydrogen-bond acceptors (Lipinski definition) is 2. The van der Waals surface area contributed by atoms with Gasteiger partial charge in [0, 0.05) is 23.7 Å². The van der Waals surface area contributed by atoms with Crippen LogP contribution in [0.4, 0.5) is 4.39 Å². The molecular weight excluding hydrogens is 293 g/mol. The van der Waals surface area contributed by atoms with Gasteiger partial charge < -0.3 is 10.3 Å². The molecule has 0 bridgehead atoms. The quantitative estimate of drug-likeness (QED) is 0.757. The smallest absolute Gasteiger partial charge is 0.220 e. The highest BCUT2D eigenvalue weighted by atomic mass is 19.1. The molecule has 5 heteroatoms. The highest BCUT2D eigenvalue weighted by molar-refractivity contribution is 5.78. The minimum Gasteiger partial charge on any atom is -0.350 e. The number of amides is 1. The summed E-state index contributed by atoms with van der Waals surface area (Å²) in [6, 6.07) is 11.9. The van der Waals surface area contributed by atoms with Crippen LogP contribution in [0.2, 0.25) is 0 Å². The largest absolute Gasteiger partial charge is 0.350 e. The van der Waals surface area contributed by atoms with Gasteiger partial charge in [-0.25, -0.2) is 9.37 Å². The SMILES string of the molecule is CC(NC(=O)CCc1cc2cccnc2[nH]1)c1ccc(F)cc1. The average Bonchev–Trinajstić information content (AvgIpc) is 2.96. The Labute approximate surface area is 133 Å². The summed E-state index contributed by atoms with van der Waals surface area (Å²) in [5.74, 6) is -0.312. The molecule has 2 aromatic heterocycles. The molecule has 0 fully saturated rings. The van der Waals surface area contributed by atoms with Crippen LogP contribution in [0.3, 0.4) is 0 Å². The highest BCUT2D eigenvalue weighted by Gasteiger charge is 2.10. The van der Waals surface area contributed by atoms with Gasteiger partial charge in [-0.05, 0) is 49.2 Å². The van der Waals surface area contributed by atoms with Crippen molar-refractivity contribution in [3.63, 3.8) is 0 Å². The summed E-state index contributed by atoms with van der Waals surface area (Å²) >= 11 is 0. The van der Waals surface area contributed by atoms with E-state index in [9.17, 15) is 9.18 Å². The third-order valence-electron chi connectivity index (χ3n) is 3.82. The molecule has 2 N–H and O–H groups in total. The molecule has 0 radical (unpaired) electrons. The number of aromatic nitrogens is 2. The normalized spacial score (nSPS) is 12.3. The van der Waals surface area contributed by atoms with Crippen LogP contribution in [-0.4, -0.2) is 15.9 Å². The van der Waals surface area contributed by atoms with E-state index in [1.807, 2.05) is 25.1 Å². The zero-order valence-corrected chi connectivity index (χ0v) is 12.8. The Morgan fingerprint density at radius 1 is 1.30 bits per heavy atom. The Morgan fingerprint density at radius 2 is 2.09 bits per heavy atom. The third-order valence-corrected chi connectivity index (χ3v) is 3.82. The summed E-state index contributed by atoms with van der Waals surface area (Å²) in [5, 5.41) is 3.97. The van der Waals surface area contributed by atoms with Crippen molar-refractivity contribution in [2.75, 3.05) is 0 Å². The van der Waals surface area contributed by atoms with Crippen LogP contribution in [0.5, 0.6) is 0 Å². The second-order valence-corrected chi connectivity index (χ2v) is 5.58. The molecule has 1 unspecified atom stereocenters. The average molecular weight is 311 g/mol. The lowest BCUT2D eigenvalue weighted by Gasteiger charge is -2.14. The molecule has 118 valence electrons. The van der Waals surface area contributed by atoms with Gasteiger partial charge in [0.25, 0.3) is 0 Å². The van der Waals surface area contributed by atoms with Crippen LogP contribution in [0.25, 0.3) is 11.0 Å². The Morgan fingerprint density at radius 3 is 2.83 bits per heavy atom. The summed E-state index contributed by atoms with van der Waals surface area (Å²) in [7, 11) is 0. The fraction of sp³-hybridized carbons (Fsp3) is 0.222. The molecule has 0 spiro atoms. The zero-order chi connectivity index (χ0) is 16.2. The molecule has 3 rings (SSSR count). The lowest BCUT2D eigenvalue weighted by atomic mass is 10.1. The number of halogens is 1. The lowest BCUT2D eigenvalue weighted by molar-refractivity contribution is -0.121. The molecular formula is C18H18FN3O. The summed E-state index contributed by atoms with van der Waals surface area (Å²) in [4.78, 5) is 19.5. The van der Waals surface area contributed by atoms with Gasteiger partial charge in [0.1, 0.15) is 11.5 Å². The predicted octanol–water partition coefficient (Wildman–Crippen LogP) is 3.51. The van der Waals surface area contributed by atoms with Crippen LogP contribution >= 0.6 is 0 Å². The number of pyridine rings is 1.